The zero-order valence-electron chi connectivity index (χ0n) is 14.4. The summed E-state index contributed by atoms with van der Waals surface area (Å²) in [5.41, 5.74) is 1.90. The third-order valence-corrected chi connectivity index (χ3v) is 3.61. The van der Waals surface area contributed by atoms with E-state index in [4.69, 9.17) is 4.74 Å². The van der Waals surface area contributed by atoms with Gasteiger partial charge in [-0.1, -0.05) is 26.0 Å². The molecule has 2 N–H and O–H groups in total. The van der Waals surface area contributed by atoms with Gasteiger partial charge >= 0.3 is 0 Å². The van der Waals surface area contributed by atoms with E-state index in [1.165, 1.54) is 25.3 Å². The normalized spacial score (nSPS) is 10.4. The van der Waals surface area contributed by atoms with Gasteiger partial charge in [-0.15, -0.1) is 0 Å². The number of hydrogen-bond acceptors (Lipinski definition) is 3. The number of benzene rings is 2. The second-order valence-electron chi connectivity index (χ2n) is 5.87. The maximum absolute atomic E-state index is 13.4. The van der Waals surface area contributed by atoms with Crippen molar-refractivity contribution in [2.45, 2.75) is 20.4 Å². The van der Waals surface area contributed by atoms with Gasteiger partial charge in [0.05, 0.1) is 7.11 Å². The highest BCUT2D eigenvalue weighted by Crippen LogP contribution is 2.18. The number of carbonyl (C=O) groups excluding carboxylic acids is 2. The molecule has 0 spiro atoms. The minimum Gasteiger partial charge on any atom is -0.494 e. The summed E-state index contributed by atoms with van der Waals surface area (Å²) in [5.74, 6) is -0.954. The van der Waals surface area contributed by atoms with Gasteiger partial charge in [0.2, 0.25) is 5.91 Å². The molecule has 0 radical (unpaired) electrons. The van der Waals surface area contributed by atoms with Gasteiger partial charge in [-0.05, 0) is 35.9 Å². The summed E-state index contributed by atoms with van der Waals surface area (Å²) < 4.78 is 18.2. The molecule has 0 saturated heterocycles. The highest BCUT2D eigenvalue weighted by molar-refractivity contribution is 5.94. The van der Waals surface area contributed by atoms with Gasteiger partial charge in [0.1, 0.15) is 0 Å². The van der Waals surface area contributed by atoms with Gasteiger partial charge < -0.3 is 15.4 Å². The van der Waals surface area contributed by atoms with Crippen LogP contribution in [0.4, 0.5) is 10.1 Å². The number of amides is 2. The first-order valence-electron chi connectivity index (χ1n) is 7.92. The Hall–Kier alpha value is -2.89. The molecule has 0 aliphatic heterocycles. The molecule has 6 heteroatoms. The summed E-state index contributed by atoms with van der Waals surface area (Å²) in [5, 5.41) is 5.56. The van der Waals surface area contributed by atoms with E-state index in [0.717, 1.165) is 5.56 Å². The Labute approximate surface area is 146 Å². The Bertz CT molecular complexity index is 758. The molecule has 0 fully saturated rings. The van der Waals surface area contributed by atoms with E-state index in [0.29, 0.717) is 17.8 Å². The van der Waals surface area contributed by atoms with Crippen molar-refractivity contribution in [1.29, 1.82) is 0 Å². The lowest BCUT2D eigenvalue weighted by Gasteiger charge is -2.10. The number of halogens is 1. The molecule has 2 amide bonds. The van der Waals surface area contributed by atoms with Crippen molar-refractivity contribution in [3.8, 4) is 5.75 Å². The molecule has 2 rings (SSSR count). The SMILES string of the molecule is COc1cc(C(=O)NCc2ccc(NC(=O)C(C)C)cc2)ccc1F. The lowest BCUT2D eigenvalue weighted by molar-refractivity contribution is -0.118. The monoisotopic (exact) mass is 344 g/mol. The lowest BCUT2D eigenvalue weighted by atomic mass is 10.1. The quantitative estimate of drug-likeness (QED) is 0.844. The summed E-state index contributed by atoms with van der Waals surface area (Å²) in [6.07, 6.45) is 0. The van der Waals surface area contributed by atoms with E-state index in [1.54, 1.807) is 12.1 Å². The van der Waals surface area contributed by atoms with Gasteiger partial charge in [-0.3, -0.25) is 9.59 Å². The molecule has 0 heterocycles. The first kappa shape index (κ1) is 18.4. The third kappa shape index (κ3) is 5.04. The topological polar surface area (TPSA) is 67.4 Å². The van der Waals surface area contributed by atoms with E-state index in [9.17, 15) is 14.0 Å². The van der Waals surface area contributed by atoms with Crippen LogP contribution in [-0.4, -0.2) is 18.9 Å². The fourth-order valence-corrected chi connectivity index (χ4v) is 2.08. The minimum absolute atomic E-state index is 0.0258. The summed E-state index contributed by atoms with van der Waals surface area (Å²) in [4.78, 5) is 23.8. The second-order valence-corrected chi connectivity index (χ2v) is 5.87. The van der Waals surface area contributed by atoms with Crippen LogP contribution in [0.25, 0.3) is 0 Å². The Kier molecular flexibility index (Phi) is 6.11. The van der Waals surface area contributed by atoms with Gasteiger partial charge in [0.15, 0.2) is 11.6 Å². The average molecular weight is 344 g/mol. The largest absolute Gasteiger partial charge is 0.494 e. The first-order chi connectivity index (χ1) is 11.9. The number of nitrogens with one attached hydrogen (secondary N) is 2. The summed E-state index contributed by atoms with van der Waals surface area (Å²) in [6.45, 7) is 3.96. The lowest BCUT2D eigenvalue weighted by Crippen LogP contribution is -2.23. The fraction of sp³-hybridized carbons (Fsp3) is 0.263. The number of rotatable bonds is 6. The van der Waals surface area contributed by atoms with E-state index in [-0.39, 0.29) is 23.5 Å². The van der Waals surface area contributed by atoms with Gasteiger partial charge in [0, 0.05) is 23.7 Å². The molecule has 2 aromatic carbocycles. The molecule has 0 atom stereocenters. The summed E-state index contributed by atoms with van der Waals surface area (Å²) in [7, 11) is 1.35. The van der Waals surface area contributed by atoms with Crippen LogP contribution in [-0.2, 0) is 11.3 Å². The number of carbonyl (C=O) groups is 2. The Balaban J connectivity index is 1.94. The minimum atomic E-state index is -0.516. The van der Waals surface area contributed by atoms with Crippen LogP contribution < -0.4 is 15.4 Å². The molecule has 0 bridgehead atoms. The van der Waals surface area contributed by atoms with Crippen molar-refractivity contribution in [2.24, 2.45) is 5.92 Å². The van der Waals surface area contributed by atoms with Crippen LogP contribution in [0.3, 0.4) is 0 Å². The van der Waals surface area contributed by atoms with Crippen molar-refractivity contribution >= 4 is 17.5 Å². The number of hydrogen-bond donors (Lipinski definition) is 2. The predicted octanol–water partition coefficient (Wildman–Crippen LogP) is 3.36. The number of methoxy groups -OCH3 is 1. The van der Waals surface area contributed by atoms with Crippen molar-refractivity contribution in [3.63, 3.8) is 0 Å². The molecule has 0 saturated carbocycles. The molecular weight excluding hydrogens is 323 g/mol. The smallest absolute Gasteiger partial charge is 0.251 e. The first-order valence-corrected chi connectivity index (χ1v) is 7.92. The average Bonchev–Trinajstić information content (AvgIpc) is 2.61. The van der Waals surface area contributed by atoms with Crippen molar-refractivity contribution in [1.82, 2.24) is 5.32 Å². The van der Waals surface area contributed by atoms with Crippen LogP contribution in [0.15, 0.2) is 42.5 Å². The number of ether oxygens (including phenoxy) is 1. The zero-order chi connectivity index (χ0) is 18.4. The molecule has 0 unspecified atom stereocenters. The van der Waals surface area contributed by atoms with Crippen LogP contribution >= 0.6 is 0 Å². The third-order valence-electron chi connectivity index (χ3n) is 3.61. The Morgan fingerprint density at radius 3 is 2.40 bits per heavy atom. The highest BCUT2D eigenvalue weighted by atomic mass is 19.1. The molecule has 25 heavy (non-hydrogen) atoms. The molecule has 2 aromatic rings. The van der Waals surface area contributed by atoms with E-state index in [2.05, 4.69) is 10.6 Å². The Morgan fingerprint density at radius 2 is 1.80 bits per heavy atom. The van der Waals surface area contributed by atoms with Crippen molar-refractivity contribution < 1.29 is 18.7 Å². The van der Waals surface area contributed by atoms with E-state index < -0.39 is 5.82 Å². The summed E-state index contributed by atoms with van der Waals surface area (Å²) >= 11 is 0. The van der Waals surface area contributed by atoms with Crippen LogP contribution in [0.2, 0.25) is 0 Å². The molecule has 132 valence electrons. The van der Waals surface area contributed by atoms with Gasteiger partial charge in [0.25, 0.3) is 5.91 Å². The van der Waals surface area contributed by atoms with Crippen molar-refractivity contribution in [2.75, 3.05) is 12.4 Å². The zero-order valence-corrected chi connectivity index (χ0v) is 14.4. The fourth-order valence-electron chi connectivity index (χ4n) is 2.08. The standard InChI is InChI=1S/C19H21FN2O3/c1-12(2)18(23)22-15-7-4-13(5-8-15)11-21-19(24)14-6-9-16(20)17(10-14)25-3/h4-10,12H,11H2,1-3H3,(H,21,24)(H,22,23). The number of anilines is 1. The van der Waals surface area contributed by atoms with Crippen LogP contribution in [0.1, 0.15) is 29.8 Å². The second kappa shape index (κ2) is 8.28. The summed E-state index contributed by atoms with van der Waals surface area (Å²) in [6, 6.07) is 11.2. The van der Waals surface area contributed by atoms with Crippen LogP contribution in [0.5, 0.6) is 5.75 Å². The predicted molar refractivity (Wildman–Crippen MR) is 94.0 cm³/mol. The maximum Gasteiger partial charge on any atom is 0.251 e. The molecule has 0 aliphatic rings. The molecule has 0 aliphatic carbocycles. The van der Waals surface area contributed by atoms with E-state index >= 15 is 0 Å². The van der Waals surface area contributed by atoms with Crippen molar-refractivity contribution in [3.05, 3.63) is 59.4 Å². The van der Waals surface area contributed by atoms with Gasteiger partial charge in [-0.25, -0.2) is 4.39 Å². The van der Waals surface area contributed by atoms with E-state index in [1.807, 2.05) is 26.0 Å². The molecule has 5 nitrogen and oxygen atoms in total. The molecule has 0 aromatic heterocycles. The highest BCUT2D eigenvalue weighted by Gasteiger charge is 2.10. The molecular formula is C19H21FN2O3. The Morgan fingerprint density at radius 1 is 1.12 bits per heavy atom. The van der Waals surface area contributed by atoms with Gasteiger partial charge in [-0.2, -0.15) is 0 Å². The maximum atomic E-state index is 13.4. The van der Waals surface area contributed by atoms with Crippen LogP contribution in [0, 0.1) is 11.7 Å².